The SMILES string of the molecule is CN(NC(=O)CC[C@H](CC(=O)OCc1ccccc1)C(=O)N[C@@H](CCCCN)C(=O)C(=O)NCc1ccccc1)c1ccccc1.Cl.Cl. The third kappa shape index (κ3) is 15.0. The van der Waals surface area contributed by atoms with Crippen LogP contribution in [0.15, 0.2) is 91.0 Å². The van der Waals surface area contributed by atoms with Gasteiger partial charge < -0.3 is 21.1 Å². The highest BCUT2D eigenvalue weighted by atomic mass is 35.5. The van der Waals surface area contributed by atoms with Gasteiger partial charge in [0.2, 0.25) is 17.6 Å². The molecule has 0 saturated heterocycles. The number of Topliss-reactive ketones (excluding diaryl/α,β-unsaturated/α-hetero) is 1. The molecule has 3 amide bonds. The van der Waals surface area contributed by atoms with Gasteiger partial charge in [0.15, 0.2) is 0 Å². The lowest BCUT2D eigenvalue weighted by molar-refractivity contribution is -0.148. The van der Waals surface area contributed by atoms with Gasteiger partial charge in [0, 0.05) is 25.9 Å². The summed E-state index contributed by atoms with van der Waals surface area (Å²) in [7, 11) is 1.69. The molecule has 3 aromatic rings. The van der Waals surface area contributed by atoms with Crippen molar-refractivity contribution in [2.75, 3.05) is 18.6 Å². The standard InChI is InChI=1S/C35H43N5O6.2ClH/c1-40(29-17-9-4-10-18-29)39-31(41)21-20-28(23-32(42)46-25-27-15-7-3-8-16-27)34(44)38-30(19-11-12-22-36)33(43)35(45)37-24-26-13-5-2-6-14-26;;/h2-10,13-18,28,30H,11-12,19-25,36H2,1H3,(H,37,45)(H,38,44)(H,39,41);2*1H/t28-,30+;;/m1../s1. The van der Waals surface area contributed by atoms with Crippen LogP contribution < -0.4 is 26.8 Å². The van der Waals surface area contributed by atoms with Gasteiger partial charge in [-0.1, -0.05) is 78.9 Å². The Labute approximate surface area is 294 Å². The predicted octanol–water partition coefficient (Wildman–Crippen LogP) is 4.03. The van der Waals surface area contributed by atoms with Crippen molar-refractivity contribution in [2.24, 2.45) is 11.7 Å². The number of carbonyl (C=O) groups is 5. The minimum absolute atomic E-state index is 0. The summed E-state index contributed by atoms with van der Waals surface area (Å²) in [4.78, 5) is 65.3. The minimum atomic E-state index is -1.13. The van der Waals surface area contributed by atoms with Gasteiger partial charge in [-0.05, 0) is 55.5 Å². The summed E-state index contributed by atoms with van der Waals surface area (Å²) in [6.45, 7) is 0.562. The first kappa shape index (κ1) is 41.6. The van der Waals surface area contributed by atoms with Crippen molar-refractivity contribution in [3.05, 3.63) is 102 Å². The second-order valence-corrected chi connectivity index (χ2v) is 10.9. The lowest BCUT2D eigenvalue weighted by Crippen LogP contribution is -2.49. The number of hydrogen-bond donors (Lipinski definition) is 4. The number of nitrogens with one attached hydrogen (secondary N) is 3. The smallest absolute Gasteiger partial charge is 0.306 e. The second-order valence-electron chi connectivity index (χ2n) is 10.9. The summed E-state index contributed by atoms with van der Waals surface area (Å²) in [5.41, 5.74) is 10.8. The van der Waals surface area contributed by atoms with Crippen LogP contribution in [0.5, 0.6) is 0 Å². The fraction of sp³-hybridized carbons (Fsp3) is 0.343. The fourth-order valence-electron chi connectivity index (χ4n) is 4.66. The van der Waals surface area contributed by atoms with Crippen molar-refractivity contribution in [3.63, 3.8) is 0 Å². The Hall–Kier alpha value is -4.45. The van der Waals surface area contributed by atoms with E-state index in [9.17, 15) is 24.0 Å². The maximum Gasteiger partial charge on any atom is 0.306 e. The quantitative estimate of drug-likeness (QED) is 0.0631. The Bertz CT molecular complexity index is 1420. The molecule has 0 bridgehead atoms. The van der Waals surface area contributed by atoms with Crippen LogP contribution in [0.3, 0.4) is 0 Å². The molecule has 0 aliphatic heterocycles. The average Bonchev–Trinajstić information content (AvgIpc) is 3.08. The van der Waals surface area contributed by atoms with E-state index in [2.05, 4.69) is 16.1 Å². The van der Waals surface area contributed by atoms with Crippen molar-refractivity contribution < 1.29 is 28.7 Å². The zero-order valence-corrected chi connectivity index (χ0v) is 28.6. The summed E-state index contributed by atoms with van der Waals surface area (Å²) in [5.74, 6) is -4.23. The molecule has 0 spiro atoms. The number of anilines is 1. The molecule has 0 heterocycles. The second kappa shape index (κ2) is 23.0. The predicted molar refractivity (Wildman–Crippen MR) is 189 cm³/mol. The summed E-state index contributed by atoms with van der Waals surface area (Å²) in [6.07, 6.45) is 0.889. The van der Waals surface area contributed by atoms with Gasteiger partial charge in [-0.2, -0.15) is 0 Å². The van der Waals surface area contributed by atoms with Crippen molar-refractivity contribution in [1.29, 1.82) is 0 Å². The van der Waals surface area contributed by atoms with Crippen molar-refractivity contribution in [1.82, 2.24) is 16.1 Å². The third-order valence-corrected chi connectivity index (χ3v) is 7.28. The highest BCUT2D eigenvalue weighted by molar-refractivity contribution is 6.38. The summed E-state index contributed by atoms with van der Waals surface area (Å²) < 4.78 is 5.41. The molecule has 3 aromatic carbocycles. The van der Waals surface area contributed by atoms with Crippen LogP contribution in [-0.4, -0.2) is 49.1 Å². The monoisotopic (exact) mass is 701 g/mol. The molecule has 0 radical (unpaired) electrons. The lowest BCUT2D eigenvalue weighted by atomic mass is 9.96. The molecule has 3 rings (SSSR count). The Balaban J connectivity index is 0.00000576. The molecule has 0 aromatic heterocycles. The molecule has 5 N–H and O–H groups in total. The van der Waals surface area contributed by atoms with Crippen LogP contribution in [0.25, 0.3) is 0 Å². The van der Waals surface area contributed by atoms with Gasteiger partial charge >= 0.3 is 5.97 Å². The maximum absolute atomic E-state index is 13.6. The number of halogens is 2. The molecule has 0 saturated carbocycles. The Morgan fingerprint density at radius 1 is 0.792 bits per heavy atom. The molecule has 13 heteroatoms. The van der Waals surface area contributed by atoms with Crippen LogP contribution in [0.2, 0.25) is 0 Å². The number of ether oxygens (including phenoxy) is 1. The van der Waals surface area contributed by atoms with Crippen LogP contribution in [-0.2, 0) is 41.9 Å². The molecule has 0 aliphatic carbocycles. The number of para-hydroxylation sites is 1. The zero-order valence-electron chi connectivity index (χ0n) is 27.0. The van der Waals surface area contributed by atoms with Crippen molar-refractivity contribution in [2.45, 2.75) is 57.7 Å². The van der Waals surface area contributed by atoms with Gasteiger partial charge in [-0.3, -0.25) is 34.4 Å². The molecule has 0 unspecified atom stereocenters. The van der Waals surface area contributed by atoms with E-state index in [1.165, 1.54) is 0 Å². The van der Waals surface area contributed by atoms with E-state index in [-0.39, 0.29) is 69.6 Å². The number of carbonyl (C=O) groups excluding carboxylic acids is 5. The van der Waals surface area contributed by atoms with Crippen molar-refractivity contribution >= 4 is 60.0 Å². The number of nitrogens with two attached hydrogens (primary N) is 1. The number of unbranched alkanes of at least 4 members (excludes halogenated alkanes) is 1. The number of rotatable bonds is 19. The Morgan fingerprint density at radius 3 is 1.98 bits per heavy atom. The number of hydrazine groups is 1. The molecule has 48 heavy (non-hydrogen) atoms. The molecule has 0 aliphatic rings. The third-order valence-electron chi connectivity index (χ3n) is 7.28. The van der Waals surface area contributed by atoms with E-state index >= 15 is 0 Å². The highest BCUT2D eigenvalue weighted by Crippen LogP contribution is 2.16. The summed E-state index contributed by atoms with van der Waals surface area (Å²) in [5, 5.41) is 6.86. The molecular formula is C35H45Cl2N5O6. The van der Waals surface area contributed by atoms with Crippen LogP contribution >= 0.6 is 24.8 Å². The first-order chi connectivity index (χ1) is 22.3. The van der Waals surface area contributed by atoms with Crippen molar-refractivity contribution in [3.8, 4) is 0 Å². The molecule has 11 nitrogen and oxygen atoms in total. The van der Waals surface area contributed by atoms with E-state index < -0.39 is 35.5 Å². The molecule has 260 valence electrons. The van der Waals surface area contributed by atoms with Crippen LogP contribution in [0.4, 0.5) is 5.69 Å². The molecule has 2 atom stereocenters. The van der Waals surface area contributed by atoms with Crippen LogP contribution in [0.1, 0.15) is 49.7 Å². The Morgan fingerprint density at radius 2 is 1.38 bits per heavy atom. The van der Waals surface area contributed by atoms with E-state index in [4.69, 9.17) is 10.5 Å². The first-order valence-electron chi connectivity index (χ1n) is 15.4. The van der Waals surface area contributed by atoms with E-state index in [1.807, 2.05) is 91.0 Å². The van der Waals surface area contributed by atoms with Gasteiger partial charge in [0.05, 0.1) is 18.2 Å². The lowest BCUT2D eigenvalue weighted by Gasteiger charge is -2.23. The van der Waals surface area contributed by atoms with Gasteiger partial charge in [-0.15, -0.1) is 24.8 Å². The zero-order chi connectivity index (χ0) is 33.1. The summed E-state index contributed by atoms with van der Waals surface area (Å²) >= 11 is 0. The number of nitrogens with zero attached hydrogens (tertiary/aromatic N) is 1. The van der Waals surface area contributed by atoms with Crippen LogP contribution in [0, 0.1) is 5.92 Å². The number of ketones is 1. The van der Waals surface area contributed by atoms with E-state index in [0.29, 0.717) is 19.4 Å². The average molecular weight is 703 g/mol. The summed E-state index contributed by atoms with van der Waals surface area (Å²) in [6, 6.07) is 26.3. The van der Waals surface area contributed by atoms with Gasteiger partial charge in [-0.25, -0.2) is 0 Å². The van der Waals surface area contributed by atoms with E-state index in [1.54, 1.807) is 12.1 Å². The van der Waals surface area contributed by atoms with Gasteiger partial charge in [0.1, 0.15) is 6.61 Å². The number of amides is 3. The molecule has 0 fully saturated rings. The Kier molecular flexibility index (Phi) is 19.9. The van der Waals surface area contributed by atoms with E-state index in [0.717, 1.165) is 16.8 Å². The normalized spacial score (nSPS) is 11.4. The minimum Gasteiger partial charge on any atom is -0.461 e. The number of esters is 1. The molecular weight excluding hydrogens is 657 g/mol. The topological polar surface area (TPSA) is 160 Å². The fourth-order valence-corrected chi connectivity index (χ4v) is 4.66. The number of hydrogen-bond acceptors (Lipinski definition) is 8. The van der Waals surface area contributed by atoms with Gasteiger partial charge in [0.25, 0.3) is 5.91 Å². The largest absolute Gasteiger partial charge is 0.461 e. The first-order valence-corrected chi connectivity index (χ1v) is 15.4. The number of benzene rings is 3. The highest BCUT2D eigenvalue weighted by Gasteiger charge is 2.31. The maximum atomic E-state index is 13.6.